The first-order valence-electron chi connectivity index (χ1n) is 6.61. The van der Waals surface area contributed by atoms with Crippen molar-refractivity contribution in [1.82, 2.24) is 25.1 Å². The number of imidazole rings is 1. The van der Waals surface area contributed by atoms with Crippen molar-refractivity contribution in [2.24, 2.45) is 0 Å². The second-order valence-corrected chi connectivity index (χ2v) is 4.66. The molecule has 0 unspecified atom stereocenters. The van der Waals surface area contributed by atoms with E-state index in [1.54, 1.807) is 4.57 Å². The average molecular weight is 295 g/mol. The summed E-state index contributed by atoms with van der Waals surface area (Å²) in [5.74, 6) is -1.25. The number of urea groups is 1. The van der Waals surface area contributed by atoms with Crippen LogP contribution in [0, 0.1) is 0 Å². The van der Waals surface area contributed by atoms with Crippen molar-refractivity contribution in [1.29, 1.82) is 0 Å². The van der Waals surface area contributed by atoms with Crippen molar-refractivity contribution >= 4 is 17.9 Å². The zero-order valence-corrected chi connectivity index (χ0v) is 11.4. The van der Waals surface area contributed by atoms with Crippen LogP contribution in [0.3, 0.4) is 0 Å². The third-order valence-electron chi connectivity index (χ3n) is 3.05. The molecule has 9 nitrogen and oxygen atoms in total. The summed E-state index contributed by atoms with van der Waals surface area (Å²) in [7, 11) is 0. The minimum absolute atomic E-state index is 0.0366. The van der Waals surface area contributed by atoms with Gasteiger partial charge in [0.1, 0.15) is 6.54 Å². The summed E-state index contributed by atoms with van der Waals surface area (Å²) in [5, 5.41) is 14.1. The molecule has 2 rings (SSSR count). The normalized spacial score (nSPS) is 15.2. The van der Waals surface area contributed by atoms with E-state index in [2.05, 4.69) is 15.6 Å². The molecule has 21 heavy (non-hydrogen) atoms. The molecule has 0 aliphatic carbocycles. The maximum absolute atomic E-state index is 11.9. The number of carboxylic acids is 1. The van der Waals surface area contributed by atoms with E-state index in [0.717, 1.165) is 6.42 Å². The highest BCUT2D eigenvalue weighted by Crippen LogP contribution is 1.98. The number of aromatic carboxylic acids is 1. The lowest BCUT2D eigenvalue weighted by atomic mass is 10.4. The zero-order valence-electron chi connectivity index (χ0n) is 11.4. The van der Waals surface area contributed by atoms with Gasteiger partial charge in [-0.2, -0.15) is 0 Å². The summed E-state index contributed by atoms with van der Waals surface area (Å²) in [5.41, 5.74) is -0.0366. The standard InChI is InChI=1S/C12H17N5O4/c18-10-7-17(4-1-2-13-10)12(21)14-3-5-16-6-9(11(19)20)15-8-16/h6,8H,1-5,7H2,(H,13,18)(H,14,21)(H,19,20). The zero-order chi connectivity index (χ0) is 15.2. The third-order valence-corrected chi connectivity index (χ3v) is 3.05. The number of carboxylic acid groups (broad SMARTS) is 1. The van der Waals surface area contributed by atoms with E-state index < -0.39 is 5.97 Å². The Morgan fingerprint density at radius 3 is 3.00 bits per heavy atom. The van der Waals surface area contributed by atoms with Crippen molar-refractivity contribution in [3.05, 3.63) is 18.2 Å². The topological polar surface area (TPSA) is 117 Å². The monoisotopic (exact) mass is 295 g/mol. The second kappa shape index (κ2) is 6.73. The van der Waals surface area contributed by atoms with Crippen molar-refractivity contribution < 1.29 is 19.5 Å². The molecule has 1 aromatic rings. The predicted molar refractivity (Wildman–Crippen MR) is 71.8 cm³/mol. The van der Waals surface area contributed by atoms with Crippen LogP contribution in [0.5, 0.6) is 0 Å². The van der Waals surface area contributed by atoms with E-state index in [1.165, 1.54) is 17.4 Å². The summed E-state index contributed by atoms with van der Waals surface area (Å²) >= 11 is 0. The Morgan fingerprint density at radius 2 is 2.29 bits per heavy atom. The molecular formula is C12H17N5O4. The van der Waals surface area contributed by atoms with Gasteiger partial charge in [-0.25, -0.2) is 14.6 Å². The molecule has 0 spiro atoms. The first kappa shape index (κ1) is 14.8. The van der Waals surface area contributed by atoms with Crippen LogP contribution in [0.15, 0.2) is 12.5 Å². The summed E-state index contributed by atoms with van der Waals surface area (Å²) in [6.07, 6.45) is 3.52. The molecule has 0 atom stereocenters. The van der Waals surface area contributed by atoms with Gasteiger partial charge in [0.15, 0.2) is 5.69 Å². The number of hydrogen-bond acceptors (Lipinski definition) is 4. The molecular weight excluding hydrogens is 278 g/mol. The summed E-state index contributed by atoms with van der Waals surface area (Å²) in [4.78, 5) is 39.1. The Bertz CT molecular complexity index is 542. The van der Waals surface area contributed by atoms with Crippen molar-refractivity contribution in [3.8, 4) is 0 Å². The van der Waals surface area contributed by atoms with Crippen LogP contribution < -0.4 is 10.6 Å². The van der Waals surface area contributed by atoms with Gasteiger partial charge < -0.3 is 25.2 Å². The van der Waals surface area contributed by atoms with Crippen LogP contribution in [0.4, 0.5) is 4.79 Å². The van der Waals surface area contributed by atoms with Gasteiger partial charge in [0.05, 0.1) is 6.33 Å². The molecule has 1 aliphatic heterocycles. The Kier molecular flexibility index (Phi) is 4.75. The summed E-state index contributed by atoms with van der Waals surface area (Å²) in [6.45, 7) is 1.90. The maximum atomic E-state index is 11.9. The molecule has 1 saturated heterocycles. The fraction of sp³-hybridized carbons (Fsp3) is 0.500. The summed E-state index contributed by atoms with van der Waals surface area (Å²) in [6, 6.07) is -0.300. The smallest absolute Gasteiger partial charge is 0.356 e. The Morgan fingerprint density at radius 1 is 1.48 bits per heavy atom. The Hall–Kier alpha value is -2.58. The molecule has 0 aromatic carbocycles. The van der Waals surface area contributed by atoms with Crippen LogP contribution in [0.25, 0.3) is 0 Å². The molecule has 114 valence electrons. The first-order valence-corrected chi connectivity index (χ1v) is 6.61. The number of amides is 3. The van der Waals surface area contributed by atoms with Gasteiger partial charge >= 0.3 is 12.0 Å². The van der Waals surface area contributed by atoms with Crippen molar-refractivity contribution in [2.45, 2.75) is 13.0 Å². The van der Waals surface area contributed by atoms with E-state index in [4.69, 9.17) is 5.11 Å². The molecule has 0 radical (unpaired) electrons. The minimum Gasteiger partial charge on any atom is -0.476 e. The van der Waals surface area contributed by atoms with E-state index in [1.807, 2.05) is 0 Å². The maximum Gasteiger partial charge on any atom is 0.356 e. The third kappa shape index (κ3) is 4.20. The van der Waals surface area contributed by atoms with Gasteiger partial charge in [0, 0.05) is 32.4 Å². The molecule has 1 aromatic heterocycles. The van der Waals surface area contributed by atoms with Gasteiger partial charge in [0.2, 0.25) is 5.91 Å². The van der Waals surface area contributed by atoms with Crippen LogP contribution in [-0.2, 0) is 11.3 Å². The number of hydrogen-bond donors (Lipinski definition) is 3. The van der Waals surface area contributed by atoms with Crippen LogP contribution in [-0.4, -0.2) is 63.6 Å². The number of rotatable bonds is 4. The Balaban J connectivity index is 1.77. The largest absolute Gasteiger partial charge is 0.476 e. The minimum atomic E-state index is -1.09. The van der Waals surface area contributed by atoms with E-state index in [0.29, 0.717) is 26.2 Å². The molecule has 9 heteroatoms. The van der Waals surface area contributed by atoms with Crippen LogP contribution >= 0.6 is 0 Å². The number of carbonyl (C=O) groups excluding carboxylic acids is 2. The van der Waals surface area contributed by atoms with Crippen molar-refractivity contribution in [2.75, 3.05) is 26.2 Å². The lowest BCUT2D eigenvalue weighted by molar-refractivity contribution is -0.121. The molecule has 0 bridgehead atoms. The quantitative estimate of drug-likeness (QED) is 0.666. The van der Waals surface area contributed by atoms with Crippen molar-refractivity contribution in [3.63, 3.8) is 0 Å². The SMILES string of the molecule is O=C1CN(C(=O)NCCn2cnc(C(=O)O)c2)CCCN1. The van der Waals surface area contributed by atoms with Gasteiger partial charge in [-0.15, -0.1) is 0 Å². The highest BCUT2D eigenvalue weighted by molar-refractivity contribution is 5.85. The van der Waals surface area contributed by atoms with Crippen LogP contribution in [0.2, 0.25) is 0 Å². The summed E-state index contributed by atoms with van der Waals surface area (Å²) < 4.78 is 1.58. The molecule has 1 aliphatic rings. The van der Waals surface area contributed by atoms with Gasteiger partial charge in [0.25, 0.3) is 0 Å². The highest BCUT2D eigenvalue weighted by Gasteiger charge is 2.19. The fourth-order valence-corrected chi connectivity index (χ4v) is 1.98. The van der Waals surface area contributed by atoms with E-state index in [-0.39, 0.29) is 24.2 Å². The number of nitrogens with zero attached hydrogens (tertiary/aromatic N) is 3. The molecule has 3 N–H and O–H groups in total. The fourth-order valence-electron chi connectivity index (χ4n) is 1.98. The van der Waals surface area contributed by atoms with Gasteiger partial charge in [-0.3, -0.25) is 4.79 Å². The molecule has 2 heterocycles. The number of nitrogens with one attached hydrogen (secondary N) is 2. The van der Waals surface area contributed by atoms with Crippen LogP contribution in [0.1, 0.15) is 16.9 Å². The highest BCUT2D eigenvalue weighted by atomic mass is 16.4. The first-order chi connectivity index (χ1) is 10.1. The molecule has 3 amide bonds. The molecule has 1 fully saturated rings. The number of aromatic nitrogens is 2. The second-order valence-electron chi connectivity index (χ2n) is 4.66. The Labute approximate surface area is 120 Å². The predicted octanol–water partition coefficient (Wildman–Crippen LogP) is -0.887. The van der Waals surface area contributed by atoms with E-state index >= 15 is 0 Å². The number of carbonyl (C=O) groups is 3. The van der Waals surface area contributed by atoms with E-state index in [9.17, 15) is 14.4 Å². The van der Waals surface area contributed by atoms with Gasteiger partial charge in [-0.1, -0.05) is 0 Å². The molecule has 0 saturated carbocycles. The van der Waals surface area contributed by atoms with Gasteiger partial charge in [-0.05, 0) is 6.42 Å². The lowest BCUT2D eigenvalue weighted by Crippen LogP contribution is -2.44. The average Bonchev–Trinajstić information content (AvgIpc) is 2.80. The lowest BCUT2D eigenvalue weighted by Gasteiger charge is -2.19.